The minimum absolute atomic E-state index is 0.103. The zero-order valence-electron chi connectivity index (χ0n) is 24.6. The van der Waals surface area contributed by atoms with E-state index in [1.54, 1.807) is 39.0 Å². The molecular weight excluding hydrogens is 548 g/mol. The van der Waals surface area contributed by atoms with Gasteiger partial charge in [0.15, 0.2) is 11.4 Å². The molecule has 1 heterocycles. The standard InChI is InChI=1S/C31H38O11/c1-15-19(40-16(2)32)13-31(38)26(41-27(37)18-10-8-7-9-11-18)24-29(6,25(36)23(35)22(15)28(31,4)5)20(34)12-21-30(24,14-39-21)42-17(3)33/h7-11,19-21,23-24,26,34-35,38H,12-14H2,1-6H3/t19-,20-,21?,23+,24?,26?,29+,30-,31+/m0/s1. The van der Waals surface area contributed by atoms with Crippen LogP contribution >= 0.6 is 0 Å². The highest BCUT2D eigenvalue weighted by atomic mass is 16.6. The molecule has 1 saturated heterocycles. The summed E-state index contributed by atoms with van der Waals surface area (Å²) in [6, 6.07) is 8.05. The Bertz CT molecular complexity index is 1350. The monoisotopic (exact) mass is 586 g/mol. The third kappa shape index (κ3) is 4.08. The molecule has 2 saturated carbocycles. The molecule has 9 atom stereocenters. The van der Waals surface area contributed by atoms with E-state index in [1.807, 2.05) is 0 Å². The van der Waals surface area contributed by atoms with Crippen molar-refractivity contribution >= 4 is 23.7 Å². The lowest BCUT2D eigenvalue weighted by Crippen LogP contribution is -2.81. The first-order chi connectivity index (χ1) is 19.5. The van der Waals surface area contributed by atoms with Gasteiger partial charge in [0, 0.05) is 32.1 Å². The summed E-state index contributed by atoms with van der Waals surface area (Å²) in [5, 5.41) is 36.2. The van der Waals surface area contributed by atoms with E-state index in [4.69, 9.17) is 18.9 Å². The molecule has 0 radical (unpaired) electrons. The molecule has 5 rings (SSSR count). The Morgan fingerprint density at radius 2 is 1.64 bits per heavy atom. The molecule has 1 aliphatic heterocycles. The molecule has 11 heteroatoms. The van der Waals surface area contributed by atoms with Crippen LogP contribution in [0.4, 0.5) is 0 Å². The number of benzene rings is 1. The summed E-state index contributed by atoms with van der Waals surface area (Å²) in [6.07, 6.45) is -7.19. The molecule has 3 unspecified atom stereocenters. The lowest BCUT2D eigenvalue weighted by molar-refractivity contribution is -0.345. The maximum absolute atomic E-state index is 14.5. The Morgan fingerprint density at radius 1 is 1.00 bits per heavy atom. The van der Waals surface area contributed by atoms with Gasteiger partial charge in [0.1, 0.15) is 30.0 Å². The molecule has 4 aliphatic rings. The van der Waals surface area contributed by atoms with Gasteiger partial charge in [0.25, 0.3) is 0 Å². The number of hydrogen-bond acceptors (Lipinski definition) is 11. The molecule has 3 aliphatic carbocycles. The van der Waals surface area contributed by atoms with Crippen LogP contribution in [0.5, 0.6) is 0 Å². The van der Waals surface area contributed by atoms with Crippen molar-refractivity contribution in [3.05, 3.63) is 47.0 Å². The number of Topliss-reactive ketones (excluding diaryl/α,β-unsaturated/α-hetero) is 1. The van der Waals surface area contributed by atoms with Crippen LogP contribution < -0.4 is 0 Å². The van der Waals surface area contributed by atoms with E-state index < -0.39 is 82.2 Å². The van der Waals surface area contributed by atoms with Gasteiger partial charge in [-0.15, -0.1) is 0 Å². The molecule has 3 fully saturated rings. The fourth-order valence-corrected chi connectivity index (χ4v) is 7.97. The van der Waals surface area contributed by atoms with Crippen LogP contribution in [0.2, 0.25) is 0 Å². The number of esters is 3. The highest BCUT2D eigenvalue weighted by Crippen LogP contribution is 2.64. The van der Waals surface area contributed by atoms with Crippen molar-refractivity contribution in [1.82, 2.24) is 0 Å². The van der Waals surface area contributed by atoms with Crippen molar-refractivity contribution in [1.29, 1.82) is 0 Å². The molecule has 0 spiro atoms. The Balaban J connectivity index is 1.82. The van der Waals surface area contributed by atoms with Gasteiger partial charge >= 0.3 is 17.9 Å². The minimum atomic E-state index is -2.11. The number of hydrogen-bond donors (Lipinski definition) is 3. The largest absolute Gasteiger partial charge is 0.458 e. The van der Waals surface area contributed by atoms with Crippen molar-refractivity contribution in [2.24, 2.45) is 16.7 Å². The minimum Gasteiger partial charge on any atom is -0.458 e. The second-order valence-electron chi connectivity index (χ2n) is 12.8. The summed E-state index contributed by atoms with van der Waals surface area (Å²) < 4.78 is 23.4. The predicted molar refractivity (Wildman–Crippen MR) is 145 cm³/mol. The lowest BCUT2D eigenvalue weighted by atomic mass is 9.44. The fourth-order valence-electron chi connectivity index (χ4n) is 7.97. The molecule has 1 aromatic rings. The summed E-state index contributed by atoms with van der Waals surface area (Å²) in [6.45, 7) is 8.48. The molecule has 3 N–H and O–H groups in total. The van der Waals surface area contributed by atoms with Crippen LogP contribution in [0.25, 0.3) is 0 Å². The van der Waals surface area contributed by atoms with E-state index in [2.05, 4.69) is 0 Å². The van der Waals surface area contributed by atoms with E-state index in [0.29, 0.717) is 5.57 Å². The average Bonchev–Trinajstić information content (AvgIpc) is 2.90. The fraction of sp³-hybridized carbons (Fsp3) is 0.613. The third-order valence-corrected chi connectivity index (χ3v) is 10.2. The van der Waals surface area contributed by atoms with Gasteiger partial charge in [0.05, 0.1) is 29.6 Å². The number of ether oxygens (including phenoxy) is 4. The van der Waals surface area contributed by atoms with E-state index >= 15 is 0 Å². The Kier molecular flexibility index (Phi) is 7.20. The molecule has 11 nitrogen and oxygen atoms in total. The summed E-state index contributed by atoms with van der Waals surface area (Å²) in [5.74, 6) is -4.35. The summed E-state index contributed by atoms with van der Waals surface area (Å²) >= 11 is 0. The SMILES string of the molecule is CC(=O)O[C@H]1C[C@@]2(O)C(OC(=O)c3ccccc3)C3[C@]4(OC(C)=O)COC4C[C@H](O)[C@@]3(C)C(=O)[C@H](O)C(=C1C)C2(C)C. The Labute approximate surface area is 243 Å². The highest BCUT2D eigenvalue weighted by molar-refractivity contribution is 5.94. The van der Waals surface area contributed by atoms with Crippen molar-refractivity contribution < 1.29 is 53.4 Å². The predicted octanol–water partition coefficient (Wildman–Crippen LogP) is 1.65. The molecule has 42 heavy (non-hydrogen) atoms. The zero-order valence-corrected chi connectivity index (χ0v) is 24.6. The number of fused-ring (bicyclic) bond motifs is 5. The summed E-state index contributed by atoms with van der Waals surface area (Å²) in [5.41, 5.74) is -6.37. The number of carbonyl (C=O) groups excluding carboxylic acids is 4. The topological polar surface area (TPSA) is 166 Å². The lowest BCUT2D eigenvalue weighted by Gasteiger charge is -2.67. The van der Waals surface area contributed by atoms with E-state index in [1.165, 1.54) is 32.9 Å². The molecular formula is C31H38O11. The van der Waals surface area contributed by atoms with Crippen molar-refractivity contribution in [3.8, 4) is 0 Å². The Morgan fingerprint density at radius 3 is 2.19 bits per heavy atom. The molecule has 0 amide bonds. The molecule has 1 aromatic carbocycles. The van der Waals surface area contributed by atoms with Crippen LogP contribution in [0.15, 0.2) is 41.5 Å². The molecule has 228 valence electrons. The molecule has 2 bridgehead atoms. The van der Waals surface area contributed by atoms with Gasteiger partial charge in [-0.05, 0) is 37.1 Å². The van der Waals surface area contributed by atoms with Crippen LogP contribution in [0, 0.1) is 16.7 Å². The van der Waals surface area contributed by atoms with Gasteiger partial charge in [-0.25, -0.2) is 4.79 Å². The first-order valence-corrected chi connectivity index (χ1v) is 14.1. The number of carbonyl (C=O) groups is 4. The third-order valence-electron chi connectivity index (χ3n) is 10.2. The number of aliphatic hydroxyl groups is 3. The van der Waals surface area contributed by atoms with Crippen LogP contribution in [0.1, 0.15) is 64.7 Å². The van der Waals surface area contributed by atoms with Crippen LogP contribution in [-0.4, -0.2) is 87.3 Å². The smallest absolute Gasteiger partial charge is 0.338 e. The highest BCUT2D eigenvalue weighted by Gasteiger charge is 2.78. The zero-order chi connectivity index (χ0) is 31.0. The van der Waals surface area contributed by atoms with Crippen LogP contribution in [-0.2, 0) is 33.3 Å². The van der Waals surface area contributed by atoms with Crippen molar-refractivity contribution in [3.63, 3.8) is 0 Å². The van der Waals surface area contributed by atoms with E-state index in [9.17, 15) is 34.5 Å². The maximum atomic E-state index is 14.5. The van der Waals surface area contributed by atoms with Gasteiger partial charge in [-0.1, -0.05) is 32.0 Å². The first-order valence-electron chi connectivity index (χ1n) is 14.1. The average molecular weight is 587 g/mol. The summed E-state index contributed by atoms with van der Waals surface area (Å²) in [4.78, 5) is 52.9. The normalized spacial score (nSPS) is 40.4. The van der Waals surface area contributed by atoms with Crippen molar-refractivity contribution in [2.75, 3.05) is 6.61 Å². The number of aliphatic hydroxyl groups excluding tert-OH is 2. The quantitative estimate of drug-likeness (QED) is 0.267. The summed E-state index contributed by atoms with van der Waals surface area (Å²) in [7, 11) is 0. The van der Waals surface area contributed by atoms with E-state index in [-0.39, 0.29) is 30.6 Å². The van der Waals surface area contributed by atoms with E-state index in [0.717, 1.165) is 0 Å². The Hall–Kier alpha value is -3.12. The van der Waals surface area contributed by atoms with Gasteiger partial charge in [0.2, 0.25) is 0 Å². The first kappa shape index (κ1) is 30.3. The van der Waals surface area contributed by atoms with Crippen LogP contribution in [0.3, 0.4) is 0 Å². The molecule has 0 aromatic heterocycles. The van der Waals surface area contributed by atoms with Gasteiger partial charge < -0.3 is 34.3 Å². The van der Waals surface area contributed by atoms with Gasteiger partial charge in [-0.2, -0.15) is 0 Å². The number of rotatable bonds is 4. The van der Waals surface area contributed by atoms with Crippen molar-refractivity contribution in [2.45, 2.75) is 96.1 Å². The number of ketones is 1. The maximum Gasteiger partial charge on any atom is 0.338 e. The van der Waals surface area contributed by atoms with Gasteiger partial charge in [-0.3, -0.25) is 14.4 Å². The second-order valence-corrected chi connectivity index (χ2v) is 12.8. The second kappa shape index (κ2) is 9.97.